The first-order valence-electron chi connectivity index (χ1n) is 5.70. The third-order valence-corrected chi connectivity index (χ3v) is 2.56. The van der Waals surface area contributed by atoms with Crippen LogP contribution >= 0.6 is 0 Å². The summed E-state index contributed by atoms with van der Waals surface area (Å²) in [4.78, 5) is 0. The zero-order valence-corrected chi connectivity index (χ0v) is 9.86. The molecule has 1 N–H and O–H groups in total. The van der Waals surface area contributed by atoms with E-state index < -0.39 is 0 Å². The average Bonchev–Trinajstić information content (AvgIpc) is 2.84. The first kappa shape index (κ1) is 11.3. The molecule has 1 aromatic heterocycles. The molecule has 0 saturated heterocycles. The summed E-state index contributed by atoms with van der Waals surface area (Å²) in [5, 5.41) is 3.28. The lowest BCUT2D eigenvalue weighted by atomic mass is 10.2. The summed E-state index contributed by atoms with van der Waals surface area (Å²) in [7, 11) is 0. The number of terminal acetylenes is 1. The maximum atomic E-state index is 5.61. The third kappa shape index (κ3) is 2.92. The Balaban J connectivity index is 1.99. The molecule has 0 atom stereocenters. The molecule has 0 unspecified atom stereocenters. The van der Waals surface area contributed by atoms with E-state index in [2.05, 4.69) is 18.2 Å². The summed E-state index contributed by atoms with van der Waals surface area (Å²) in [6.45, 7) is 2.75. The van der Waals surface area contributed by atoms with Crippen LogP contribution in [0.3, 0.4) is 0 Å². The molecule has 17 heavy (non-hydrogen) atoms. The number of rotatable bonds is 4. The second-order valence-electron chi connectivity index (χ2n) is 3.80. The smallest absolute Gasteiger partial charge is 0.123 e. The summed E-state index contributed by atoms with van der Waals surface area (Å²) in [6.07, 6.45) is 6.27. The highest BCUT2D eigenvalue weighted by Crippen LogP contribution is 2.13. The van der Waals surface area contributed by atoms with E-state index in [9.17, 15) is 0 Å². The van der Waals surface area contributed by atoms with Crippen LogP contribution in [-0.2, 0) is 13.0 Å². The molecule has 2 heteroatoms. The Bertz CT molecular complexity index is 534. The molecule has 2 nitrogen and oxygen atoms in total. The maximum absolute atomic E-state index is 5.61. The van der Waals surface area contributed by atoms with Gasteiger partial charge in [-0.1, -0.05) is 18.9 Å². The molecule has 1 aromatic carbocycles. The van der Waals surface area contributed by atoms with Crippen molar-refractivity contribution in [3.05, 3.63) is 53.5 Å². The maximum Gasteiger partial charge on any atom is 0.123 e. The van der Waals surface area contributed by atoms with Gasteiger partial charge >= 0.3 is 0 Å². The normalized spacial score (nSPS) is 9.88. The Morgan fingerprint density at radius 2 is 2.06 bits per heavy atom. The molecule has 0 amide bonds. The lowest BCUT2D eigenvalue weighted by molar-refractivity contribution is 0.476. The Kier molecular flexibility index (Phi) is 3.52. The molecule has 0 fully saturated rings. The minimum Gasteiger partial charge on any atom is -0.464 e. The first-order chi connectivity index (χ1) is 8.31. The van der Waals surface area contributed by atoms with E-state index in [0.717, 1.165) is 29.2 Å². The van der Waals surface area contributed by atoms with Crippen LogP contribution in [0.4, 0.5) is 5.69 Å². The minimum absolute atomic E-state index is 0.675. The van der Waals surface area contributed by atoms with Gasteiger partial charge in [-0.15, -0.1) is 6.42 Å². The van der Waals surface area contributed by atoms with E-state index in [1.54, 1.807) is 0 Å². The molecule has 0 aliphatic rings. The highest BCUT2D eigenvalue weighted by atomic mass is 16.3. The SMILES string of the molecule is C#Cc1cccc(NCc2ccc(CC)o2)c1. The Labute approximate surface area is 102 Å². The lowest BCUT2D eigenvalue weighted by Gasteiger charge is -2.04. The van der Waals surface area contributed by atoms with Gasteiger partial charge in [0.25, 0.3) is 0 Å². The number of benzene rings is 1. The van der Waals surface area contributed by atoms with Crippen molar-refractivity contribution in [1.82, 2.24) is 0 Å². The van der Waals surface area contributed by atoms with Crippen LogP contribution in [0.15, 0.2) is 40.8 Å². The van der Waals surface area contributed by atoms with E-state index in [0.29, 0.717) is 6.54 Å². The standard InChI is InChI=1S/C15H15NO/c1-3-12-6-5-7-13(10-12)16-11-15-9-8-14(4-2)17-15/h1,5-10,16H,4,11H2,2H3. The fourth-order valence-corrected chi connectivity index (χ4v) is 1.62. The molecule has 86 valence electrons. The molecular weight excluding hydrogens is 210 g/mol. The number of nitrogens with one attached hydrogen (secondary N) is 1. The van der Waals surface area contributed by atoms with Gasteiger partial charge in [-0.3, -0.25) is 0 Å². The molecule has 0 radical (unpaired) electrons. The highest BCUT2D eigenvalue weighted by Gasteiger charge is 2.00. The van der Waals surface area contributed by atoms with Crippen molar-refractivity contribution in [2.24, 2.45) is 0 Å². The topological polar surface area (TPSA) is 25.2 Å². The molecule has 2 aromatic rings. The van der Waals surface area contributed by atoms with Gasteiger partial charge in [0.15, 0.2) is 0 Å². The Hall–Kier alpha value is -2.14. The molecular formula is C15H15NO. The van der Waals surface area contributed by atoms with Gasteiger partial charge < -0.3 is 9.73 Å². The fraction of sp³-hybridized carbons (Fsp3) is 0.200. The molecule has 0 saturated carbocycles. The second kappa shape index (κ2) is 5.27. The van der Waals surface area contributed by atoms with Crippen molar-refractivity contribution in [3.63, 3.8) is 0 Å². The summed E-state index contributed by atoms with van der Waals surface area (Å²) < 4.78 is 5.61. The Morgan fingerprint density at radius 3 is 2.76 bits per heavy atom. The number of furan rings is 1. The number of hydrogen-bond donors (Lipinski definition) is 1. The van der Waals surface area contributed by atoms with Gasteiger partial charge in [0.05, 0.1) is 6.54 Å². The molecule has 2 rings (SSSR count). The van der Waals surface area contributed by atoms with Crippen molar-refractivity contribution in [2.45, 2.75) is 19.9 Å². The number of anilines is 1. The van der Waals surface area contributed by atoms with Crippen molar-refractivity contribution in [2.75, 3.05) is 5.32 Å². The quantitative estimate of drug-likeness (QED) is 0.806. The van der Waals surface area contributed by atoms with E-state index >= 15 is 0 Å². The molecule has 1 heterocycles. The van der Waals surface area contributed by atoms with Crippen LogP contribution in [0.1, 0.15) is 24.0 Å². The van der Waals surface area contributed by atoms with Gasteiger partial charge in [0.2, 0.25) is 0 Å². The van der Waals surface area contributed by atoms with E-state index in [-0.39, 0.29) is 0 Å². The van der Waals surface area contributed by atoms with E-state index in [1.165, 1.54) is 0 Å². The summed E-state index contributed by atoms with van der Waals surface area (Å²) >= 11 is 0. The molecule has 0 spiro atoms. The van der Waals surface area contributed by atoms with Crippen LogP contribution in [0, 0.1) is 12.3 Å². The van der Waals surface area contributed by atoms with Gasteiger partial charge in [-0.05, 0) is 30.3 Å². The van der Waals surface area contributed by atoms with E-state index in [4.69, 9.17) is 10.8 Å². The predicted octanol–water partition coefficient (Wildman–Crippen LogP) is 3.44. The molecule has 0 aliphatic heterocycles. The van der Waals surface area contributed by atoms with Gasteiger partial charge in [-0.2, -0.15) is 0 Å². The summed E-state index contributed by atoms with van der Waals surface area (Å²) in [6, 6.07) is 11.8. The second-order valence-corrected chi connectivity index (χ2v) is 3.80. The zero-order chi connectivity index (χ0) is 12.1. The van der Waals surface area contributed by atoms with Crippen molar-refractivity contribution in [3.8, 4) is 12.3 Å². The largest absolute Gasteiger partial charge is 0.464 e. The Morgan fingerprint density at radius 1 is 1.24 bits per heavy atom. The minimum atomic E-state index is 0.675. The molecule has 0 aliphatic carbocycles. The lowest BCUT2D eigenvalue weighted by Crippen LogP contribution is -1.98. The monoisotopic (exact) mass is 225 g/mol. The van der Waals surface area contributed by atoms with Crippen LogP contribution in [-0.4, -0.2) is 0 Å². The zero-order valence-electron chi connectivity index (χ0n) is 9.86. The van der Waals surface area contributed by atoms with Crippen LogP contribution < -0.4 is 5.32 Å². The van der Waals surface area contributed by atoms with Gasteiger partial charge in [-0.25, -0.2) is 0 Å². The number of hydrogen-bond acceptors (Lipinski definition) is 2. The van der Waals surface area contributed by atoms with Gasteiger partial charge in [0.1, 0.15) is 11.5 Å². The summed E-state index contributed by atoms with van der Waals surface area (Å²) in [5.41, 5.74) is 1.89. The average molecular weight is 225 g/mol. The van der Waals surface area contributed by atoms with Crippen molar-refractivity contribution >= 4 is 5.69 Å². The fourth-order valence-electron chi connectivity index (χ4n) is 1.62. The predicted molar refractivity (Wildman–Crippen MR) is 69.8 cm³/mol. The van der Waals surface area contributed by atoms with Crippen molar-refractivity contribution < 1.29 is 4.42 Å². The highest BCUT2D eigenvalue weighted by molar-refractivity contribution is 5.49. The van der Waals surface area contributed by atoms with Crippen molar-refractivity contribution in [1.29, 1.82) is 0 Å². The third-order valence-electron chi connectivity index (χ3n) is 2.56. The van der Waals surface area contributed by atoms with Crippen LogP contribution in [0.25, 0.3) is 0 Å². The van der Waals surface area contributed by atoms with E-state index in [1.807, 2.05) is 36.4 Å². The summed E-state index contributed by atoms with van der Waals surface area (Å²) in [5.74, 6) is 4.57. The number of aryl methyl sites for hydroxylation is 1. The van der Waals surface area contributed by atoms with Crippen LogP contribution in [0.5, 0.6) is 0 Å². The van der Waals surface area contributed by atoms with Crippen LogP contribution in [0.2, 0.25) is 0 Å². The van der Waals surface area contributed by atoms with Gasteiger partial charge in [0, 0.05) is 17.7 Å². The molecule has 0 bridgehead atoms. The first-order valence-corrected chi connectivity index (χ1v) is 5.70.